The van der Waals surface area contributed by atoms with Crippen molar-refractivity contribution in [3.63, 3.8) is 0 Å². The van der Waals surface area contributed by atoms with E-state index in [1.807, 2.05) is 4.90 Å². The van der Waals surface area contributed by atoms with E-state index in [-0.39, 0.29) is 37.1 Å². The summed E-state index contributed by atoms with van der Waals surface area (Å²) in [5, 5.41) is 21.4. The van der Waals surface area contributed by atoms with Gasteiger partial charge in [0.15, 0.2) is 23.1 Å². The highest BCUT2D eigenvalue weighted by atomic mass is 19.1. The number of hydrogen-bond donors (Lipinski definition) is 5. The number of hydrogen-bond acceptors (Lipinski definition) is 8. The Morgan fingerprint density at radius 3 is 2.46 bits per heavy atom. The predicted octanol–water partition coefficient (Wildman–Crippen LogP) is 1.66. The molecule has 0 aliphatic carbocycles. The number of halogens is 2. The first kappa shape index (κ1) is 35.1. The summed E-state index contributed by atoms with van der Waals surface area (Å²) < 4.78 is 40.4. The average Bonchev–Trinajstić information content (AvgIpc) is 3.02. The van der Waals surface area contributed by atoms with Gasteiger partial charge < -0.3 is 30.5 Å². The van der Waals surface area contributed by atoms with Crippen molar-refractivity contribution in [3.8, 4) is 11.5 Å². The minimum atomic E-state index is -0.986. The quantitative estimate of drug-likeness (QED) is 0.331. The molecule has 13 heteroatoms. The fraction of sp³-hybridized carbons (Fsp3) is 0.545. The molecule has 11 nitrogen and oxygen atoms in total. The van der Waals surface area contributed by atoms with Crippen molar-refractivity contribution in [1.82, 2.24) is 26.2 Å². The smallest absolute Gasteiger partial charge is 0.243 e. The molecule has 0 bridgehead atoms. The number of fused-ring (bicyclic) bond motifs is 1. The van der Waals surface area contributed by atoms with Crippen LogP contribution in [-0.2, 0) is 32.0 Å². The van der Waals surface area contributed by atoms with Crippen LogP contribution in [0.1, 0.15) is 38.3 Å². The molecule has 0 unspecified atom stereocenters. The summed E-state index contributed by atoms with van der Waals surface area (Å²) in [6.45, 7) is 8.16. The van der Waals surface area contributed by atoms with E-state index in [1.165, 1.54) is 18.2 Å². The van der Waals surface area contributed by atoms with Crippen LogP contribution in [0, 0.1) is 17.6 Å². The zero-order valence-corrected chi connectivity index (χ0v) is 26.6. The molecule has 46 heavy (non-hydrogen) atoms. The minimum absolute atomic E-state index is 0.00963. The van der Waals surface area contributed by atoms with E-state index in [0.717, 1.165) is 6.07 Å². The molecule has 2 aliphatic heterocycles. The Morgan fingerprint density at radius 2 is 1.74 bits per heavy atom. The lowest BCUT2D eigenvalue weighted by Gasteiger charge is -2.32. The van der Waals surface area contributed by atoms with E-state index in [4.69, 9.17) is 9.47 Å². The predicted molar refractivity (Wildman–Crippen MR) is 167 cm³/mol. The summed E-state index contributed by atoms with van der Waals surface area (Å²) in [6.07, 6.45) is 0.961. The Bertz CT molecular complexity index is 1360. The first-order valence-corrected chi connectivity index (χ1v) is 15.8. The number of nitrogens with zero attached hydrogens (tertiary/aromatic N) is 1. The van der Waals surface area contributed by atoms with Gasteiger partial charge in [-0.1, -0.05) is 32.0 Å². The summed E-state index contributed by atoms with van der Waals surface area (Å²) in [6, 6.07) is 5.22. The normalized spacial score (nSPS) is 24.5. The number of benzene rings is 2. The molecule has 2 aliphatic rings. The molecule has 1 fully saturated rings. The highest BCUT2D eigenvalue weighted by Gasteiger charge is 2.32. The lowest BCUT2D eigenvalue weighted by Crippen LogP contribution is -2.61. The summed E-state index contributed by atoms with van der Waals surface area (Å²) in [4.78, 5) is 42.9. The molecule has 2 heterocycles. The molecule has 0 radical (unpaired) electrons. The van der Waals surface area contributed by atoms with Crippen molar-refractivity contribution in [3.05, 3.63) is 59.2 Å². The number of phenols is 1. The molecule has 252 valence electrons. The summed E-state index contributed by atoms with van der Waals surface area (Å²) in [5.74, 6) is -3.51. The van der Waals surface area contributed by atoms with Crippen molar-refractivity contribution in [2.75, 3.05) is 46.0 Å². The van der Waals surface area contributed by atoms with Crippen LogP contribution in [0.25, 0.3) is 0 Å². The first-order chi connectivity index (χ1) is 22.0. The maximum atomic E-state index is 14.9. The number of rotatable bonds is 5. The number of aromatic hydroxyl groups is 1. The number of ether oxygens (including phenoxy) is 2. The zero-order chi connectivity index (χ0) is 33.2. The number of amides is 3. The second kappa shape index (κ2) is 16.7. The number of para-hydroxylation sites is 1. The van der Waals surface area contributed by atoms with Gasteiger partial charge in [-0.3, -0.25) is 24.6 Å². The average molecular weight is 646 g/mol. The number of nitrogens with one attached hydrogen (secondary N) is 4. The molecule has 3 amide bonds. The third kappa shape index (κ3) is 9.84. The molecule has 2 aromatic carbocycles. The van der Waals surface area contributed by atoms with Crippen LogP contribution in [0.5, 0.6) is 11.5 Å². The number of aryl methyl sites for hydroxylation is 1. The fourth-order valence-electron chi connectivity index (χ4n) is 5.55. The summed E-state index contributed by atoms with van der Waals surface area (Å²) >= 11 is 0. The highest BCUT2D eigenvalue weighted by Crippen LogP contribution is 2.24. The molecule has 2 aromatic rings. The van der Waals surface area contributed by atoms with Crippen LogP contribution < -0.4 is 26.0 Å². The second-order valence-electron chi connectivity index (χ2n) is 12.2. The number of carbonyl (C=O) groups is 3. The number of carbonyl (C=O) groups excluding carboxylic acids is 3. The summed E-state index contributed by atoms with van der Waals surface area (Å²) in [5.41, 5.74) is 1.07. The van der Waals surface area contributed by atoms with Crippen LogP contribution in [-0.4, -0.2) is 97.9 Å². The van der Waals surface area contributed by atoms with E-state index < -0.39 is 53.4 Å². The van der Waals surface area contributed by atoms with E-state index in [0.29, 0.717) is 56.8 Å². The van der Waals surface area contributed by atoms with Crippen LogP contribution in [0.3, 0.4) is 0 Å². The molecule has 0 saturated carbocycles. The Balaban J connectivity index is 1.63. The maximum Gasteiger partial charge on any atom is 0.243 e. The van der Waals surface area contributed by atoms with E-state index in [2.05, 4.69) is 21.3 Å². The number of phenolic OH excluding ortho intramolecular Hbond substituents is 1. The van der Waals surface area contributed by atoms with E-state index in [1.54, 1.807) is 32.9 Å². The molecule has 4 rings (SSSR count). The molecular weight excluding hydrogens is 600 g/mol. The zero-order valence-electron chi connectivity index (χ0n) is 26.6. The van der Waals surface area contributed by atoms with Gasteiger partial charge in [-0.2, -0.15) is 0 Å². The SMILES string of the molecule is CC(C)[C@H]1NC(=O)[C@@H](Cc2ccc(O)c(F)c2)N[C@@H](C)COc2c(F)cccc2CCCNC(=O)[C@H](CN2CCOCC2)NC1=O. The third-order valence-electron chi connectivity index (χ3n) is 8.13. The van der Waals surface area contributed by atoms with Crippen molar-refractivity contribution >= 4 is 17.7 Å². The Hall–Kier alpha value is -3.81. The van der Waals surface area contributed by atoms with Gasteiger partial charge in [0, 0.05) is 32.2 Å². The standard InChI is InChI=1S/C33H45F2N5O6/c1-20(2)29-33(44)38-27(18-40-12-14-45-15-13-40)31(42)36-11-5-7-23-6-4-8-24(34)30(23)46-19-21(3)37-26(32(43)39-29)17-22-9-10-28(41)25(35)16-22/h4,6,8-10,16,20-21,26-27,29,37,41H,5,7,11-15,17-19H2,1-3H3,(H,36,42)(H,38,44)(H,39,43)/t21-,26+,27-,29+/m0/s1. The van der Waals surface area contributed by atoms with Gasteiger partial charge in [-0.15, -0.1) is 0 Å². The van der Waals surface area contributed by atoms with Crippen LogP contribution in [0.2, 0.25) is 0 Å². The topological polar surface area (TPSA) is 141 Å². The molecule has 5 N–H and O–H groups in total. The van der Waals surface area contributed by atoms with Crippen LogP contribution in [0.15, 0.2) is 36.4 Å². The van der Waals surface area contributed by atoms with Gasteiger partial charge >= 0.3 is 0 Å². The monoisotopic (exact) mass is 645 g/mol. The third-order valence-corrected chi connectivity index (χ3v) is 8.13. The summed E-state index contributed by atoms with van der Waals surface area (Å²) in [7, 11) is 0. The Kier molecular flexibility index (Phi) is 12.7. The Labute approximate surface area is 268 Å². The lowest BCUT2D eigenvalue weighted by molar-refractivity contribution is -0.134. The van der Waals surface area contributed by atoms with Gasteiger partial charge in [-0.25, -0.2) is 8.78 Å². The Morgan fingerprint density at radius 1 is 0.978 bits per heavy atom. The van der Waals surface area contributed by atoms with Crippen LogP contribution in [0.4, 0.5) is 8.78 Å². The fourth-order valence-corrected chi connectivity index (χ4v) is 5.55. The van der Waals surface area contributed by atoms with Gasteiger partial charge in [0.2, 0.25) is 17.7 Å². The van der Waals surface area contributed by atoms with Crippen molar-refractivity contribution in [2.24, 2.45) is 5.92 Å². The second-order valence-corrected chi connectivity index (χ2v) is 12.2. The largest absolute Gasteiger partial charge is 0.505 e. The van der Waals surface area contributed by atoms with Crippen LogP contribution >= 0.6 is 0 Å². The minimum Gasteiger partial charge on any atom is -0.505 e. The van der Waals surface area contributed by atoms with Gasteiger partial charge in [0.1, 0.15) is 18.7 Å². The highest BCUT2D eigenvalue weighted by molar-refractivity contribution is 5.93. The van der Waals surface area contributed by atoms with E-state index in [9.17, 15) is 28.3 Å². The molecule has 0 aromatic heterocycles. The molecule has 4 atom stereocenters. The van der Waals surface area contributed by atoms with E-state index >= 15 is 0 Å². The van der Waals surface area contributed by atoms with Crippen molar-refractivity contribution in [1.29, 1.82) is 0 Å². The van der Waals surface area contributed by atoms with Gasteiger partial charge in [0.05, 0.1) is 19.3 Å². The van der Waals surface area contributed by atoms with Crippen molar-refractivity contribution in [2.45, 2.75) is 64.2 Å². The maximum absolute atomic E-state index is 14.9. The molecular formula is C33H45F2N5O6. The van der Waals surface area contributed by atoms with Gasteiger partial charge in [-0.05, 0) is 61.4 Å². The number of morpholine rings is 1. The van der Waals surface area contributed by atoms with Crippen molar-refractivity contribution < 1.29 is 37.7 Å². The van der Waals surface area contributed by atoms with Gasteiger partial charge in [0.25, 0.3) is 0 Å². The molecule has 1 saturated heterocycles. The lowest BCUT2D eigenvalue weighted by atomic mass is 10.00. The first-order valence-electron chi connectivity index (χ1n) is 15.8. The molecule has 0 spiro atoms.